The number of thiazole rings is 1. The lowest BCUT2D eigenvalue weighted by atomic mass is 10.2. The Bertz CT molecular complexity index is 987. The Kier molecular flexibility index (Phi) is 5.47. The number of halogens is 1. The Morgan fingerprint density at radius 2 is 1.89 bits per heavy atom. The molecule has 1 heterocycles. The molecule has 0 bridgehead atoms. The van der Waals surface area contributed by atoms with Gasteiger partial charge in [-0.1, -0.05) is 12.1 Å². The zero-order valence-corrected chi connectivity index (χ0v) is 14.4. The van der Waals surface area contributed by atoms with E-state index in [1.807, 2.05) is 0 Å². The summed E-state index contributed by atoms with van der Waals surface area (Å²) in [6.45, 7) is 0. The van der Waals surface area contributed by atoms with Crippen LogP contribution in [0.15, 0.2) is 59.0 Å². The van der Waals surface area contributed by atoms with Crippen LogP contribution in [0.5, 0.6) is 0 Å². The van der Waals surface area contributed by atoms with Crippen molar-refractivity contribution in [1.82, 2.24) is 10.4 Å². The Balaban J connectivity index is 1.58. The first-order valence-electron chi connectivity index (χ1n) is 7.57. The summed E-state index contributed by atoms with van der Waals surface area (Å²) in [5, 5.41) is 19.4. The minimum Gasteiger partial charge on any atom is -0.332 e. The highest BCUT2D eigenvalue weighted by Gasteiger charge is 2.11. The average Bonchev–Trinajstić information content (AvgIpc) is 3.12. The highest BCUT2D eigenvalue weighted by molar-refractivity contribution is 7.14. The Morgan fingerprint density at radius 3 is 2.56 bits per heavy atom. The lowest BCUT2D eigenvalue weighted by Gasteiger charge is -2.01. The number of carbonyl (C=O) groups excluding carboxylic acids is 1. The van der Waals surface area contributed by atoms with E-state index in [0.29, 0.717) is 16.4 Å². The summed E-state index contributed by atoms with van der Waals surface area (Å²) in [5.41, 5.74) is 3.73. The zero-order chi connectivity index (χ0) is 19.2. The quantitative estimate of drug-likeness (QED) is 0.382. The Hall–Kier alpha value is -3.66. The number of anilines is 2. The number of nitro benzene ring substituents is 1. The van der Waals surface area contributed by atoms with E-state index in [1.54, 1.807) is 17.5 Å². The van der Waals surface area contributed by atoms with Crippen molar-refractivity contribution in [3.8, 4) is 0 Å². The van der Waals surface area contributed by atoms with Crippen LogP contribution >= 0.6 is 11.3 Å². The first-order chi connectivity index (χ1) is 13.0. The number of nitrogens with one attached hydrogen (secondary N) is 2. The molecular weight excluding hydrogens is 373 g/mol. The first-order valence-corrected chi connectivity index (χ1v) is 8.45. The van der Waals surface area contributed by atoms with Crippen LogP contribution in [0.4, 0.5) is 20.9 Å². The third-order valence-corrected chi connectivity index (χ3v) is 4.07. The van der Waals surface area contributed by atoms with Gasteiger partial charge in [0.1, 0.15) is 11.5 Å². The van der Waals surface area contributed by atoms with Gasteiger partial charge in [-0.05, 0) is 29.8 Å². The van der Waals surface area contributed by atoms with Gasteiger partial charge in [0, 0.05) is 23.2 Å². The molecule has 0 atom stereocenters. The van der Waals surface area contributed by atoms with Crippen molar-refractivity contribution in [3.05, 3.63) is 81.1 Å². The van der Waals surface area contributed by atoms with E-state index in [0.717, 1.165) is 0 Å². The SMILES string of the molecule is O=C(N/N=C/c1ccc(F)cc1)c1csc(Nc2ccc([N+](=O)[O-])cc2)n1. The van der Waals surface area contributed by atoms with Gasteiger partial charge in [-0.25, -0.2) is 14.8 Å². The molecular formula is C17H12FN5O3S. The van der Waals surface area contributed by atoms with Gasteiger partial charge in [0.25, 0.3) is 11.6 Å². The fourth-order valence-corrected chi connectivity index (χ4v) is 2.71. The molecule has 0 saturated carbocycles. The summed E-state index contributed by atoms with van der Waals surface area (Å²) in [6, 6.07) is 11.5. The number of carbonyl (C=O) groups is 1. The Labute approximate surface area is 156 Å². The molecule has 1 amide bonds. The summed E-state index contributed by atoms with van der Waals surface area (Å²) in [5.74, 6) is -0.854. The number of nitro groups is 1. The molecule has 2 aromatic carbocycles. The molecule has 0 fully saturated rings. The number of hydrogen-bond donors (Lipinski definition) is 2. The van der Waals surface area contributed by atoms with Crippen LogP contribution in [0, 0.1) is 15.9 Å². The Morgan fingerprint density at radius 1 is 1.19 bits per heavy atom. The van der Waals surface area contributed by atoms with Crippen molar-refractivity contribution in [2.75, 3.05) is 5.32 Å². The second-order valence-electron chi connectivity index (χ2n) is 5.22. The van der Waals surface area contributed by atoms with E-state index in [4.69, 9.17) is 0 Å². The van der Waals surface area contributed by atoms with E-state index in [9.17, 15) is 19.3 Å². The van der Waals surface area contributed by atoms with Gasteiger partial charge < -0.3 is 5.32 Å². The van der Waals surface area contributed by atoms with Gasteiger partial charge in [0.2, 0.25) is 0 Å². The molecule has 0 aliphatic rings. The second-order valence-corrected chi connectivity index (χ2v) is 6.08. The van der Waals surface area contributed by atoms with E-state index in [1.165, 1.54) is 53.9 Å². The number of amides is 1. The van der Waals surface area contributed by atoms with E-state index in [-0.39, 0.29) is 17.2 Å². The number of nitrogens with zero attached hydrogens (tertiary/aromatic N) is 3. The summed E-state index contributed by atoms with van der Waals surface area (Å²) in [7, 11) is 0. The minimum absolute atomic E-state index is 0.0150. The molecule has 0 radical (unpaired) electrons. The monoisotopic (exact) mass is 385 g/mol. The first kappa shape index (κ1) is 18.1. The van der Waals surface area contributed by atoms with Crippen LogP contribution in [0.3, 0.4) is 0 Å². The van der Waals surface area contributed by atoms with Crippen molar-refractivity contribution in [2.24, 2.45) is 5.10 Å². The van der Waals surface area contributed by atoms with E-state index in [2.05, 4.69) is 20.8 Å². The zero-order valence-electron chi connectivity index (χ0n) is 13.6. The molecule has 3 rings (SSSR count). The molecule has 0 aliphatic heterocycles. The highest BCUT2D eigenvalue weighted by Crippen LogP contribution is 2.22. The molecule has 0 aliphatic carbocycles. The summed E-state index contributed by atoms with van der Waals surface area (Å²) >= 11 is 1.20. The van der Waals surface area contributed by atoms with Crippen molar-refractivity contribution in [1.29, 1.82) is 0 Å². The largest absolute Gasteiger partial charge is 0.332 e. The van der Waals surface area contributed by atoms with Crippen LogP contribution in [0.2, 0.25) is 0 Å². The fraction of sp³-hybridized carbons (Fsp3) is 0. The maximum atomic E-state index is 12.8. The van der Waals surface area contributed by atoms with Gasteiger partial charge in [0.05, 0.1) is 11.1 Å². The predicted octanol–water partition coefficient (Wildman–Crippen LogP) is 3.70. The lowest BCUT2D eigenvalue weighted by Crippen LogP contribution is -2.18. The van der Waals surface area contributed by atoms with E-state index >= 15 is 0 Å². The smallest absolute Gasteiger partial charge is 0.290 e. The van der Waals surface area contributed by atoms with Crippen LogP contribution in [0.25, 0.3) is 0 Å². The third-order valence-electron chi connectivity index (χ3n) is 3.32. The predicted molar refractivity (Wildman–Crippen MR) is 100.0 cm³/mol. The minimum atomic E-state index is -0.499. The van der Waals surface area contributed by atoms with Gasteiger partial charge in [0.15, 0.2) is 5.13 Å². The lowest BCUT2D eigenvalue weighted by molar-refractivity contribution is -0.384. The molecule has 0 spiro atoms. The van der Waals surface area contributed by atoms with Crippen LogP contribution < -0.4 is 10.7 Å². The molecule has 136 valence electrons. The van der Waals surface area contributed by atoms with E-state index < -0.39 is 10.8 Å². The summed E-state index contributed by atoms with van der Waals surface area (Å²) < 4.78 is 12.8. The standard InChI is InChI=1S/C17H12FN5O3S/c18-12-3-1-11(2-4-12)9-19-22-16(24)15-10-27-17(21-15)20-13-5-7-14(8-6-13)23(25)26/h1-10H,(H,20,21)(H,22,24)/b19-9+. The normalized spacial score (nSPS) is 10.7. The summed E-state index contributed by atoms with van der Waals surface area (Å²) in [6.07, 6.45) is 1.39. The molecule has 27 heavy (non-hydrogen) atoms. The molecule has 8 nitrogen and oxygen atoms in total. The number of hydrogen-bond acceptors (Lipinski definition) is 7. The van der Waals surface area contributed by atoms with Crippen molar-refractivity contribution in [3.63, 3.8) is 0 Å². The molecule has 3 aromatic rings. The van der Waals surface area contributed by atoms with Crippen LogP contribution in [-0.4, -0.2) is 22.0 Å². The van der Waals surface area contributed by atoms with Crippen molar-refractivity contribution in [2.45, 2.75) is 0 Å². The number of benzene rings is 2. The molecule has 2 N–H and O–H groups in total. The summed E-state index contributed by atoms with van der Waals surface area (Å²) in [4.78, 5) is 26.3. The van der Waals surface area contributed by atoms with Gasteiger partial charge in [-0.15, -0.1) is 11.3 Å². The number of aromatic nitrogens is 1. The topological polar surface area (TPSA) is 110 Å². The van der Waals surface area contributed by atoms with Crippen LogP contribution in [-0.2, 0) is 0 Å². The number of hydrazone groups is 1. The molecule has 0 unspecified atom stereocenters. The third kappa shape index (κ3) is 4.92. The average molecular weight is 385 g/mol. The van der Waals surface area contributed by atoms with Crippen molar-refractivity contribution >= 4 is 40.0 Å². The van der Waals surface area contributed by atoms with Crippen LogP contribution in [0.1, 0.15) is 16.1 Å². The number of rotatable bonds is 6. The fourth-order valence-electron chi connectivity index (χ4n) is 2.00. The molecule has 10 heteroatoms. The van der Waals surface area contributed by atoms with Crippen molar-refractivity contribution < 1.29 is 14.1 Å². The number of non-ortho nitro benzene ring substituents is 1. The maximum Gasteiger partial charge on any atom is 0.290 e. The molecule has 0 saturated heterocycles. The maximum absolute atomic E-state index is 12.8. The van der Waals surface area contributed by atoms with Gasteiger partial charge in [-0.3, -0.25) is 14.9 Å². The highest BCUT2D eigenvalue weighted by atomic mass is 32.1. The van der Waals surface area contributed by atoms with Gasteiger partial charge >= 0.3 is 0 Å². The second kappa shape index (κ2) is 8.15. The van der Waals surface area contributed by atoms with Gasteiger partial charge in [-0.2, -0.15) is 5.10 Å². The molecule has 1 aromatic heterocycles.